The second kappa shape index (κ2) is 6.70. The topological polar surface area (TPSA) is 57.8 Å². The lowest BCUT2D eigenvalue weighted by molar-refractivity contribution is -0.115. The van der Waals surface area contributed by atoms with Crippen LogP contribution in [0.1, 0.15) is 5.56 Å². The van der Waals surface area contributed by atoms with Crippen molar-refractivity contribution < 1.29 is 4.79 Å². The zero-order valence-electron chi connectivity index (χ0n) is 13.1. The van der Waals surface area contributed by atoms with Gasteiger partial charge in [-0.2, -0.15) is 0 Å². The van der Waals surface area contributed by atoms with Crippen molar-refractivity contribution in [3.63, 3.8) is 0 Å². The molecular formula is C19H14ClN3OS. The third-order valence-corrected chi connectivity index (χ3v) is 4.90. The van der Waals surface area contributed by atoms with Crippen LogP contribution in [0.3, 0.4) is 0 Å². The van der Waals surface area contributed by atoms with Crippen molar-refractivity contribution in [2.75, 3.05) is 5.32 Å². The summed E-state index contributed by atoms with van der Waals surface area (Å²) < 4.78 is 0. The molecule has 0 bridgehead atoms. The van der Waals surface area contributed by atoms with Crippen LogP contribution in [0.15, 0.2) is 60.1 Å². The number of aromatic nitrogens is 2. The monoisotopic (exact) mass is 367 g/mol. The molecule has 0 unspecified atom stereocenters. The van der Waals surface area contributed by atoms with E-state index < -0.39 is 0 Å². The number of hydrogen-bond acceptors (Lipinski definition) is 3. The van der Waals surface area contributed by atoms with E-state index in [1.165, 1.54) is 11.3 Å². The lowest BCUT2D eigenvalue weighted by atomic mass is 10.1. The van der Waals surface area contributed by atoms with E-state index in [0.717, 1.165) is 27.7 Å². The van der Waals surface area contributed by atoms with Gasteiger partial charge in [0, 0.05) is 33.1 Å². The summed E-state index contributed by atoms with van der Waals surface area (Å²) in [5.41, 5.74) is 3.86. The molecule has 6 heteroatoms. The molecule has 2 aromatic carbocycles. The Labute approximate surface area is 153 Å². The summed E-state index contributed by atoms with van der Waals surface area (Å²) in [7, 11) is 0. The number of anilines is 1. The van der Waals surface area contributed by atoms with Gasteiger partial charge in [-0.15, -0.1) is 11.3 Å². The fourth-order valence-electron chi connectivity index (χ4n) is 2.69. The second-order valence-corrected chi connectivity index (χ2v) is 6.93. The molecule has 0 aliphatic heterocycles. The molecule has 0 saturated heterocycles. The van der Waals surface area contributed by atoms with E-state index in [2.05, 4.69) is 21.4 Å². The predicted molar refractivity (Wildman–Crippen MR) is 103 cm³/mol. The molecular weight excluding hydrogens is 354 g/mol. The molecule has 4 nitrogen and oxygen atoms in total. The number of para-hydroxylation sites is 1. The highest BCUT2D eigenvalue weighted by Crippen LogP contribution is 2.30. The minimum absolute atomic E-state index is 0.0952. The Morgan fingerprint density at radius 1 is 1.16 bits per heavy atom. The molecule has 0 aliphatic rings. The zero-order chi connectivity index (χ0) is 17.2. The number of carbonyl (C=O) groups excluding carboxylic acids is 1. The molecule has 0 radical (unpaired) electrons. The van der Waals surface area contributed by atoms with Crippen LogP contribution in [0.25, 0.3) is 22.2 Å². The lowest BCUT2D eigenvalue weighted by Gasteiger charge is -2.02. The van der Waals surface area contributed by atoms with Crippen molar-refractivity contribution >= 4 is 44.9 Å². The summed E-state index contributed by atoms with van der Waals surface area (Å²) in [4.78, 5) is 20.0. The smallest absolute Gasteiger partial charge is 0.230 e. The van der Waals surface area contributed by atoms with E-state index in [-0.39, 0.29) is 5.91 Å². The van der Waals surface area contributed by atoms with Gasteiger partial charge >= 0.3 is 0 Å². The van der Waals surface area contributed by atoms with E-state index in [1.807, 2.05) is 41.9 Å². The zero-order valence-corrected chi connectivity index (χ0v) is 14.7. The number of amides is 1. The highest BCUT2D eigenvalue weighted by molar-refractivity contribution is 7.14. The van der Waals surface area contributed by atoms with Gasteiger partial charge in [0.25, 0.3) is 0 Å². The lowest BCUT2D eigenvalue weighted by Crippen LogP contribution is -2.14. The summed E-state index contributed by atoms with van der Waals surface area (Å²) in [5, 5.41) is 7.19. The molecule has 1 amide bonds. The van der Waals surface area contributed by atoms with Crippen molar-refractivity contribution in [2.45, 2.75) is 6.42 Å². The summed E-state index contributed by atoms with van der Waals surface area (Å²) in [6, 6.07) is 15.3. The van der Waals surface area contributed by atoms with Crippen LogP contribution in [0, 0.1) is 0 Å². The van der Waals surface area contributed by atoms with Gasteiger partial charge in [-0.25, -0.2) is 4.98 Å². The normalized spacial score (nSPS) is 10.9. The molecule has 4 rings (SSSR count). The first-order valence-corrected chi connectivity index (χ1v) is 9.01. The number of nitrogens with one attached hydrogen (secondary N) is 2. The molecule has 0 atom stereocenters. The minimum Gasteiger partial charge on any atom is -0.360 e. The van der Waals surface area contributed by atoms with E-state index in [4.69, 9.17) is 11.6 Å². The fraction of sp³-hybridized carbons (Fsp3) is 0.0526. The van der Waals surface area contributed by atoms with Gasteiger partial charge in [-0.3, -0.25) is 4.79 Å². The first-order chi connectivity index (χ1) is 12.2. The maximum atomic E-state index is 12.2. The van der Waals surface area contributed by atoms with Gasteiger partial charge in [0.1, 0.15) is 0 Å². The van der Waals surface area contributed by atoms with Crippen molar-refractivity contribution in [3.8, 4) is 11.3 Å². The summed E-state index contributed by atoms with van der Waals surface area (Å²) in [6.07, 6.45) is 2.23. The maximum absolute atomic E-state index is 12.2. The number of H-pyrrole nitrogens is 1. The van der Waals surface area contributed by atoms with Gasteiger partial charge in [0.15, 0.2) is 5.13 Å². The highest BCUT2D eigenvalue weighted by atomic mass is 35.5. The number of thiazole rings is 1. The van der Waals surface area contributed by atoms with Crippen LogP contribution in [-0.4, -0.2) is 15.9 Å². The van der Waals surface area contributed by atoms with E-state index >= 15 is 0 Å². The van der Waals surface area contributed by atoms with Gasteiger partial charge < -0.3 is 10.3 Å². The molecule has 2 N–H and O–H groups in total. The van der Waals surface area contributed by atoms with Crippen LogP contribution in [0.2, 0.25) is 5.02 Å². The molecule has 4 aromatic rings. The maximum Gasteiger partial charge on any atom is 0.230 e. The molecule has 2 heterocycles. The van der Waals surface area contributed by atoms with E-state index in [9.17, 15) is 4.79 Å². The quantitative estimate of drug-likeness (QED) is 0.525. The first kappa shape index (κ1) is 15.9. The minimum atomic E-state index is -0.0952. The van der Waals surface area contributed by atoms with Crippen molar-refractivity contribution in [2.24, 2.45) is 0 Å². The average Bonchev–Trinajstić information content (AvgIpc) is 3.23. The molecule has 0 aliphatic carbocycles. The Hall–Kier alpha value is -2.63. The predicted octanol–water partition coefficient (Wildman–Crippen LogP) is 5.13. The van der Waals surface area contributed by atoms with Crippen LogP contribution >= 0.6 is 22.9 Å². The van der Waals surface area contributed by atoms with Crippen LogP contribution < -0.4 is 5.32 Å². The Morgan fingerprint density at radius 2 is 1.96 bits per heavy atom. The van der Waals surface area contributed by atoms with E-state index in [1.54, 1.807) is 12.1 Å². The van der Waals surface area contributed by atoms with Gasteiger partial charge in [0.2, 0.25) is 5.91 Å². The number of benzene rings is 2. The fourth-order valence-corrected chi connectivity index (χ4v) is 3.54. The number of carbonyl (C=O) groups is 1. The summed E-state index contributed by atoms with van der Waals surface area (Å²) in [5.74, 6) is -0.0952. The van der Waals surface area contributed by atoms with E-state index in [0.29, 0.717) is 16.6 Å². The number of hydrogen-bond donors (Lipinski definition) is 2. The van der Waals surface area contributed by atoms with Gasteiger partial charge in [-0.1, -0.05) is 41.9 Å². The molecule has 0 saturated carbocycles. The highest BCUT2D eigenvalue weighted by Gasteiger charge is 2.11. The molecule has 0 fully saturated rings. The van der Waals surface area contributed by atoms with Crippen molar-refractivity contribution in [3.05, 3.63) is 70.7 Å². The Morgan fingerprint density at radius 3 is 2.80 bits per heavy atom. The molecule has 0 spiro atoms. The summed E-state index contributed by atoms with van der Waals surface area (Å²) >= 11 is 7.28. The van der Waals surface area contributed by atoms with Gasteiger partial charge in [-0.05, 0) is 23.8 Å². The third kappa shape index (κ3) is 3.43. The number of aromatic amines is 1. The van der Waals surface area contributed by atoms with Crippen LogP contribution in [0.5, 0.6) is 0 Å². The number of fused-ring (bicyclic) bond motifs is 1. The molecule has 25 heavy (non-hydrogen) atoms. The van der Waals surface area contributed by atoms with Crippen molar-refractivity contribution in [1.82, 2.24) is 9.97 Å². The number of halogens is 1. The standard InChI is InChI=1S/C19H14ClN3OS/c20-13-7-5-12(6-8-13)9-18(24)23-19-22-17(11-25-19)15-10-21-16-4-2-1-3-14(15)16/h1-8,10-11,21H,9H2,(H,22,23,24). The molecule has 2 aromatic heterocycles. The largest absolute Gasteiger partial charge is 0.360 e. The number of rotatable bonds is 4. The average molecular weight is 368 g/mol. The van der Waals surface area contributed by atoms with Gasteiger partial charge in [0.05, 0.1) is 12.1 Å². The van der Waals surface area contributed by atoms with Crippen molar-refractivity contribution in [1.29, 1.82) is 0 Å². The van der Waals surface area contributed by atoms with Crippen LogP contribution in [-0.2, 0) is 11.2 Å². The number of nitrogens with zero attached hydrogens (tertiary/aromatic N) is 1. The Bertz CT molecular complexity index is 1040. The third-order valence-electron chi connectivity index (χ3n) is 3.89. The Balaban J connectivity index is 1.49. The van der Waals surface area contributed by atoms with Crippen LogP contribution in [0.4, 0.5) is 5.13 Å². The Kier molecular flexibility index (Phi) is 4.26. The SMILES string of the molecule is O=C(Cc1ccc(Cl)cc1)Nc1nc(-c2c[nH]c3ccccc23)cs1. The molecule has 124 valence electrons. The summed E-state index contributed by atoms with van der Waals surface area (Å²) in [6.45, 7) is 0. The second-order valence-electron chi connectivity index (χ2n) is 5.64. The first-order valence-electron chi connectivity index (χ1n) is 7.75.